The number of hydrogen-bond acceptors (Lipinski definition) is 3. The van der Waals surface area contributed by atoms with Gasteiger partial charge in [-0.3, -0.25) is 0 Å². The van der Waals surface area contributed by atoms with Crippen LogP contribution in [0.15, 0.2) is 18.2 Å². The molecule has 0 radical (unpaired) electrons. The highest BCUT2D eigenvalue weighted by molar-refractivity contribution is 5.40. The van der Waals surface area contributed by atoms with E-state index >= 15 is 0 Å². The molecule has 1 saturated carbocycles. The summed E-state index contributed by atoms with van der Waals surface area (Å²) in [5, 5.41) is 0. The van der Waals surface area contributed by atoms with Crippen LogP contribution in [0.25, 0.3) is 0 Å². The van der Waals surface area contributed by atoms with Gasteiger partial charge in [0.1, 0.15) is 5.75 Å². The number of hydrogen-bond donors (Lipinski definition) is 1. The molecule has 0 heterocycles. The molecule has 3 heteroatoms. The molecule has 1 aliphatic carbocycles. The van der Waals surface area contributed by atoms with Gasteiger partial charge in [0.15, 0.2) is 0 Å². The highest BCUT2D eigenvalue weighted by Crippen LogP contribution is 2.41. The van der Waals surface area contributed by atoms with Crippen molar-refractivity contribution in [1.29, 1.82) is 0 Å². The van der Waals surface area contributed by atoms with Gasteiger partial charge < -0.3 is 15.2 Å². The molecule has 0 aromatic heterocycles. The van der Waals surface area contributed by atoms with Gasteiger partial charge in [-0.1, -0.05) is 43.4 Å². The van der Waals surface area contributed by atoms with Gasteiger partial charge >= 0.3 is 0 Å². The van der Waals surface area contributed by atoms with Crippen LogP contribution >= 0.6 is 0 Å². The van der Waals surface area contributed by atoms with Crippen LogP contribution in [0.4, 0.5) is 0 Å². The maximum atomic E-state index is 6.62. The molecular weight excluding hydrogens is 250 g/mol. The van der Waals surface area contributed by atoms with E-state index in [9.17, 15) is 0 Å². The predicted octanol–water partition coefficient (Wildman–Crippen LogP) is 3.74. The smallest absolute Gasteiger partial charge is 0.123 e. The fourth-order valence-corrected chi connectivity index (χ4v) is 3.35. The summed E-state index contributed by atoms with van der Waals surface area (Å²) in [7, 11) is 3.50. The Hall–Kier alpha value is -1.06. The summed E-state index contributed by atoms with van der Waals surface area (Å²) in [6, 6.07) is 6.06. The Kier molecular flexibility index (Phi) is 5.06. The van der Waals surface area contributed by atoms with Crippen molar-refractivity contribution in [1.82, 2.24) is 0 Å². The van der Waals surface area contributed by atoms with Gasteiger partial charge in [0, 0.05) is 12.7 Å². The molecule has 2 N–H and O–H groups in total. The average Bonchev–Trinajstić information content (AvgIpc) is 2.72. The lowest BCUT2D eigenvalue weighted by Crippen LogP contribution is -2.43. The molecule has 1 aliphatic rings. The molecule has 3 nitrogen and oxygen atoms in total. The summed E-state index contributed by atoms with van der Waals surface area (Å²) in [6.45, 7) is 2.09. The summed E-state index contributed by atoms with van der Waals surface area (Å²) in [6.07, 6.45) is 7.00. The zero-order valence-corrected chi connectivity index (χ0v) is 12.9. The third kappa shape index (κ3) is 2.99. The average molecular weight is 277 g/mol. The summed E-state index contributed by atoms with van der Waals surface area (Å²) in [4.78, 5) is 0. The lowest BCUT2D eigenvalue weighted by molar-refractivity contribution is -0.0446. The van der Waals surface area contributed by atoms with E-state index < -0.39 is 0 Å². The first-order chi connectivity index (χ1) is 9.63. The van der Waals surface area contributed by atoms with E-state index in [0.717, 1.165) is 24.2 Å². The summed E-state index contributed by atoms with van der Waals surface area (Å²) < 4.78 is 11.4. The second-order valence-corrected chi connectivity index (χ2v) is 5.91. The van der Waals surface area contributed by atoms with Gasteiger partial charge in [-0.15, -0.1) is 0 Å². The quantitative estimate of drug-likeness (QED) is 0.853. The van der Waals surface area contributed by atoms with Crippen LogP contribution in [-0.2, 0) is 4.74 Å². The molecule has 20 heavy (non-hydrogen) atoms. The number of aryl methyl sites for hydroxylation is 1. The minimum atomic E-state index is -0.252. The number of benzene rings is 1. The molecule has 1 unspecified atom stereocenters. The minimum Gasteiger partial charge on any atom is -0.496 e. The van der Waals surface area contributed by atoms with Crippen LogP contribution in [0, 0.1) is 6.92 Å². The lowest BCUT2D eigenvalue weighted by Gasteiger charge is -2.38. The largest absolute Gasteiger partial charge is 0.496 e. The van der Waals surface area contributed by atoms with Crippen LogP contribution in [0.5, 0.6) is 5.75 Å². The number of methoxy groups -OCH3 is 2. The van der Waals surface area contributed by atoms with Crippen LogP contribution < -0.4 is 10.5 Å². The van der Waals surface area contributed by atoms with Crippen LogP contribution in [0.3, 0.4) is 0 Å². The molecule has 0 aliphatic heterocycles. The van der Waals surface area contributed by atoms with E-state index in [4.69, 9.17) is 15.2 Å². The normalized spacial score (nSPS) is 20.2. The van der Waals surface area contributed by atoms with Crippen LogP contribution in [0.2, 0.25) is 0 Å². The zero-order chi connectivity index (χ0) is 14.6. The first kappa shape index (κ1) is 15.3. The molecular formula is C17H27NO2. The molecule has 112 valence electrons. The maximum Gasteiger partial charge on any atom is 0.123 e. The van der Waals surface area contributed by atoms with E-state index in [2.05, 4.69) is 19.1 Å². The summed E-state index contributed by atoms with van der Waals surface area (Å²) in [5.41, 5.74) is 8.64. The van der Waals surface area contributed by atoms with E-state index in [1.807, 2.05) is 6.07 Å². The highest BCUT2D eigenvalue weighted by atomic mass is 16.5. The Balaban J connectivity index is 2.36. The van der Waals surface area contributed by atoms with Crippen molar-refractivity contribution in [2.24, 2.45) is 5.73 Å². The predicted molar refractivity (Wildman–Crippen MR) is 82.1 cm³/mol. The molecule has 0 spiro atoms. The van der Waals surface area contributed by atoms with Crippen molar-refractivity contribution in [2.75, 3.05) is 14.2 Å². The number of rotatable bonds is 4. The Bertz CT molecular complexity index is 437. The van der Waals surface area contributed by atoms with Gasteiger partial charge in [-0.25, -0.2) is 0 Å². The molecule has 1 aromatic rings. The fraction of sp³-hybridized carbons (Fsp3) is 0.647. The van der Waals surface area contributed by atoms with Crippen LogP contribution in [-0.4, -0.2) is 19.8 Å². The monoisotopic (exact) mass is 277 g/mol. The zero-order valence-electron chi connectivity index (χ0n) is 12.9. The van der Waals surface area contributed by atoms with E-state index in [-0.39, 0.29) is 11.6 Å². The molecule has 1 atom stereocenters. The van der Waals surface area contributed by atoms with Crippen molar-refractivity contribution >= 4 is 0 Å². The first-order valence-corrected chi connectivity index (χ1v) is 7.58. The second-order valence-electron chi connectivity index (χ2n) is 5.91. The molecule has 2 rings (SSSR count). The van der Waals surface area contributed by atoms with Gasteiger partial charge in [0.2, 0.25) is 0 Å². The molecule has 0 saturated heterocycles. The highest BCUT2D eigenvalue weighted by Gasteiger charge is 2.39. The standard InChI is InChI=1S/C17H27NO2/c1-13-8-9-15(19-2)14(12-13)16(18)17(20-3)10-6-4-5-7-11-17/h8-9,12,16H,4-7,10-11,18H2,1-3H3. The van der Waals surface area contributed by atoms with Crippen molar-refractivity contribution in [3.8, 4) is 5.75 Å². The molecule has 1 fully saturated rings. The van der Waals surface area contributed by atoms with Crippen molar-refractivity contribution in [3.05, 3.63) is 29.3 Å². The number of nitrogens with two attached hydrogens (primary N) is 1. The van der Waals surface area contributed by atoms with E-state index in [1.54, 1.807) is 14.2 Å². The minimum absolute atomic E-state index is 0.138. The number of ether oxygens (including phenoxy) is 2. The Morgan fingerprint density at radius 2 is 1.75 bits per heavy atom. The van der Waals surface area contributed by atoms with E-state index in [1.165, 1.54) is 31.2 Å². The van der Waals surface area contributed by atoms with Crippen molar-refractivity contribution < 1.29 is 9.47 Å². The fourth-order valence-electron chi connectivity index (χ4n) is 3.35. The third-order valence-corrected chi connectivity index (χ3v) is 4.64. The maximum absolute atomic E-state index is 6.62. The van der Waals surface area contributed by atoms with Crippen molar-refractivity contribution in [2.45, 2.75) is 57.1 Å². The second kappa shape index (κ2) is 6.59. The Morgan fingerprint density at radius 3 is 2.30 bits per heavy atom. The van der Waals surface area contributed by atoms with Crippen molar-refractivity contribution in [3.63, 3.8) is 0 Å². The van der Waals surface area contributed by atoms with Crippen LogP contribution in [0.1, 0.15) is 55.7 Å². The summed E-state index contributed by atoms with van der Waals surface area (Å²) in [5.74, 6) is 0.865. The van der Waals surface area contributed by atoms with Gasteiger partial charge in [0.25, 0.3) is 0 Å². The summed E-state index contributed by atoms with van der Waals surface area (Å²) >= 11 is 0. The van der Waals surface area contributed by atoms with Gasteiger partial charge in [0.05, 0.1) is 18.8 Å². The third-order valence-electron chi connectivity index (χ3n) is 4.64. The Morgan fingerprint density at radius 1 is 1.10 bits per heavy atom. The molecule has 0 bridgehead atoms. The lowest BCUT2D eigenvalue weighted by atomic mass is 9.82. The molecule has 1 aromatic carbocycles. The van der Waals surface area contributed by atoms with Gasteiger partial charge in [-0.05, 0) is 25.8 Å². The van der Waals surface area contributed by atoms with E-state index in [0.29, 0.717) is 0 Å². The molecule has 0 amide bonds. The first-order valence-electron chi connectivity index (χ1n) is 7.58. The Labute approximate surface area is 122 Å². The van der Waals surface area contributed by atoms with Gasteiger partial charge in [-0.2, -0.15) is 0 Å². The topological polar surface area (TPSA) is 44.5 Å². The SMILES string of the molecule is COc1ccc(C)cc1C(N)C1(OC)CCCCCC1.